The Balaban J connectivity index is 1.64. The molecule has 0 aliphatic carbocycles. The molecule has 5 nitrogen and oxygen atoms in total. The minimum atomic E-state index is -0.993. The second-order valence-corrected chi connectivity index (χ2v) is 8.46. The number of nitrogens with one attached hydrogen (secondary N) is 1. The second kappa shape index (κ2) is 8.48. The highest BCUT2D eigenvalue weighted by Crippen LogP contribution is 2.23. The van der Waals surface area contributed by atoms with E-state index >= 15 is 0 Å². The van der Waals surface area contributed by atoms with Gasteiger partial charge in [-0.3, -0.25) is 13.8 Å². The molecule has 0 saturated carbocycles. The zero-order valence-corrected chi connectivity index (χ0v) is 16.4. The first kappa shape index (κ1) is 19.3. The SMILES string of the molecule is Cc1ccc(CN2C[C@H](C(=O)Nc3ccccc3C[S@](C)=O)CC2=O)cc1. The van der Waals surface area contributed by atoms with Crippen LogP contribution in [0.1, 0.15) is 23.1 Å². The molecule has 0 radical (unpaired) electrons. The fraction of sp³-hybridized carbons (Fsp3) is 0.333. The Labute approximate surface area is 162 Å². The third-order valence-corrected chi connectivity index (χ3v) is 5.43. The average molecular weight is 385 g/mol. The molecule has 1 saturated heterocycles. The van der Waals surface area contributed by atoms with Gasteiger partial charge in [0, 0.05) is 42.3 Å². The molecule has 2 atom stereocenters. The van der Waals surface area contributed by atoms with Gasteiger partial charge < -0.3 is 10.2 Å². The van der Waals surface area contributed by atoms with E-state index in [2.05, 4.69) is 5.32 Å². The summed E-state index contributed by atoms with van der Waals surface area (Å²) in [5.74, 6) is -0.148. The van der Waals surface area contributed by atoms with E-state index in [1.54, 1.807) is 17.2 Å². The zero-order chi connectivity index (χ0) is 19.4. The molecule has 1 aliphatic heterocycles. The van der Waals surface area contributed by atoms with Crippen molar-refractivity contribution >= 4 is 28.3 Å². The van der Waals surface area contributed by atoms with Crippen LogP contribution in [0, 0.1) is 12.8 Å². The maximum Gasteiger partial charge on any atom is 0.229 e. The number of para-hydroxylation sites is 1. The first-order valence-electron chi connectivity index (χ1n) is 8.94. The van der Waals surface area contributed by atoms with Gasteiger partial charge in [0.15, 0.2) is 0 Å². The molecule has 0 spiro atoms. The molecule has 2 aromatic carbocycles. The van der Waals surface area contributed by atoms with Crippen LogP contribution in [0.25, 0.3) is 0 Å². The molecule has 2 aromatic rings. The lowest BCUT2D eigenvalue weighted by molar-refractivity contribution is -0.128. The summed E-state index contributed by atoms with van der Waals surface area (Å²) < 4.78 is 11.5. The molecule has 1 N–H and O–H groups in total. The minimum absolute atomic E-state index is 0.00123. The summed E-state index contributed by atoms with van der Waals surface area (Å²) in [6.07, 6.45) is 1.86. The summed E-state index contributed by atoms with van der Waals surface area (Å²) in [5, 5.41) is 2.92. The monoisotopic (exact) mass is 384 g/mol. The molecule has 27 heavy (non-hydrogen) atoms. The Bertz CT molecular complexity index is 864. The number of anilines is 1. The van der Waals surface area contributed by atoms with Crippen molar-refractivity contribution in [3.8, 4) is 0 Å². The third kappa shape index (κ3) is 5.04. The van der Waals surface area contributed by atoms with E-state index < -0.39 is 10.8 Å². The number of hydrogen-bond donors (Lipinski definition) is 1. The fourth-order valence-electron chi connectivity index (χ4n) is 3.24. The topological polar surface area (TPSA) is 66.5 Å². The van der Waals surface area contributed by atoms with Gasteiger partial charge in [-0.1, -0.05) is 48.0 Å². The van der Waals surface area contributed by atoms with Crippen molar-refractivity contribution in [3.63, 3.8) is 0 Å². The summed E-state index contributed by atoms with van der Waals surface area (Å²) in [6.45, 7) is 2.96. The lowest BCUT2D eigenvalue weighted by Gasteiger charge is -2.17. The number of carbonyl (C=O) groups is 2. The molecular weight excluding hydrogens is 360 g/mol. The number of hydrogen-bond acceptors (Lipinski definition) is 3. The van der Waals surface area contributed by atoms with E-state index in [4.69, 9.17) is 0 Å². The normalized spacial score (nSPS) is 17.8. The van der Waals surface area contributed by atoms with E-state index in [0.717, 1.165) is 11.1 Å². The van der Waals surface area contributed by atoms with Crippen LogP contribution in [0.4, 0.5) is 5.69 Å². The van der Waals surface area contributed by atoms with Gasteiger partial charge in [0.1, 0.15) is 0 Å². The van der Waals surface area contributed by atoms with Gasteiger partial charge in [-0.05, 0) is 24.1 Å². The number of benzene rings is 2. The van der Waals surface area contributed by atoms with Crippen molar-refractivity contribution in [2.75, 3.05) is 18.1 Å². The lowest BCUT2D eigenvalue weighted by Crippen LogP contribution is -2.28. The Morgan fingerprint density at radius 2 is 1.89 bits per heavy atom. The van der Waals surface area contributed by atoms with Gasteiger partial charge in [-0.25, -0.2) is 0 Å². The van der Waals surface area contributed by atoms with E-state index in [0.29, 0.717) is 24.5 Å². The van der Waals surface area contributed by atoms with Crippen LogP contribution in [-0.2, 0) is 32.7 Å². The van der Waals surface area contributed by atoms with E-state index in [1.807, 2.05) is 49.4 Å². The molecule has 142 valence electrons. The predicted octanol–water partition coefficient (Wildman–Crippen LogP) is 2.86. The molecule has 6 heteroatoms. The maximum absolute atomic E-state index is 12.7. The molecule has 2 amide bonds. The molecule has 0 aromatic heterocycles. The van der Waals surface area contributed by atoms with Crippen LogP contribution < -0.4 is 5.32 Å². The minimum Gasteiger partial charge on any atom is -0.338 e. The van der Waals surface area contributed by atoms with E-state index in [9.17, 15) is 13.8 Å². The van der Waals surface area contributed by atoms with Crippen LogP contribution in [0.5, 0.6) is 0 Å². The molecule has 3 rings (SSSR count). The number of nitrogens with zero attached hydrogens (tertiary/aromatic N) is 1. The van der Waals surface area contributed by atoms with Crippen LogP contribution in [0.15, 0.2) is 48.5 Å². The number of rotatable bonds is 6. The zero-order valence-electron chi connectivity index (χ0n) is 15.6. The van der Waals surface area contributed by atoms with Gasteiger partial charge in [-0.2, -0.15) is 0 Å². The first-order chi connectivity index (χ1) is 12.9. The average Bonchev–Trinajstić information content (AvgIpc) is 2.99. The first-order valence-corrected chi connectivity index (χ1v) is 10.7. The highest BCUT2D eigenvalue weighted by atomic mass is 32.2. The summed E-state index contributed by atoms with van der Waals surface area (Å²) in [7, 11) is -0.993. The highest BCUT2D eigenvalue weighted by Gasteiger charge is 2.34. The summed E-state index contributed by atoms with van der Waals surface area (Å²) in [6, 6.07) is 15.4. The largest absolute Gasteiger partial charge is 0.338 e. The van der Waals surface area contributed by atoms with Crippen LogP contribution in [0.3, 0.4) is 0 Å². The van der Waals surface area contributed by atoms with Crippen molar-refractivity contribution in [1.29, 1.82) is 0 Å². The van der Waals surface area contributed by atoms with Crippen molar-refractivity contribution in [2.45, 2.75) is 25.6 Å². The molecule has 0 bridgehead atoms. The van der Waals surface area contributed by atoms with Crippen LogP contribution in [0.2, 0.25) is 0 Å². The van der Waals surface area contributed by atoms with Gasteiger partial charge in [-0.15, -0.1) is 0 Å². The smallest absolute Gasteiger partial charge is 0.229 e. The highest BCUT2D eigenvalue weighted by molar-refractivity contribution is 7.83. The van der Waals surface area contributed by atoms with E-state index in [1.165, 1.54) is 5.56 Å². The van der Waals surface area contributed by atoms with Crippen LogP contribution in [-0.4, -0.2) is 33.7 Å². The quantitative estimate of drug-likeness (QED) is 0.833. The Morgan fingerprint density at radius 1 is 1.19 bits per heavy atom. The molecular formula is C21H24N2O3S. The third-order valence-electron chi connectivity index (χ3n) is 4.71. The molecule has 1 aliphatic rings. The van der Waals surface area contributed by atoms with Crippen molar-refractivity contribution in [3.05, 3.63) is 65.2 Å². The maximum atomic E-state index is 12.7. The predicted molar refractivity (Wildman–Crippen MR) is 108 cm³/mol. The Kier molecular flexibility index (Phi) is 6.06. The van der Waals surface area contributed by atoms with Gasteiger partial charge in [0.2, 0.25) is 11.8 Å². The van der Waals surface area contributed by atoms with Gasteiger partial charge in [0.05, 0.1) is 11.7 Å². The summed E-state index contributed by atoms with van der Waals surface area (Å²) >= 11 is 0. The summed E-state index contributed by atoms with van der Waals surface area (Å²) in [4.78, 5) is 26.7. The van der Waals surface area contributed by atoms with Crippen molar-refractivity contribution in [1.82, 2.24) is 4.90 Å². The van der Waals surface area contributed by atoms with Crippen molar-refractivity contribution < 1.29 is 13.8 Å². The Hall–Kier alpha value is -2.47. The molecule has 0 unspecified atom stereocenters. The van der Waals surface area contributed by atoms with E-state index in [-0.39, 0.29) is 24.2 Å². The Morgan fingerprint density at radius 3 is 2.59 bits per heavy atom. The second-order valence-electron chi connectivity index (χ2n) is 7.02. The number of carbonyl (C=O) groups excluding carboxylic acids is 2. The van der Waals surface area contributed by atoms with Crippen LogP contribution >= 0.6 is 0 Å². The van der Waals surface area contributed by atoms with Gasteiger partial charge in [0.25, 0.3) is 0 Å². The number of likely N-dealkylation sites (tertiary alicyclic amines) is 1. The molecule has 1 heterocycles. The number of amides is 2. The number of aryl methyl sites for hydroxylation is 1. The van der Waals surface area contributed by atoms with Gasteiger partial charge >= 0.3 is 0 Å². The standard InChI is InChI=1S/C21H24N2O3S/c1-15-7-9-16(10-8-15)12-23-13-18(11-20(23)24)21(25)22-19-6-4-3-5-17(19)14-27(2)26/h3-10,18H,11-14H2,1-2H3,(H,22,25)/t18-,27+/m1/s1. The lowest BCUT2D eigenvalue weighted by atomic mass is 10.1. The van der Waals surface area contributed by atoms with Crippen molar-refractivity contribution in [2.24, 2.45) is 5.92 Å². The summed E-state index contributed by atoms with van der Waals surface area (Å²) in [5.41, 5.74) is 3.75. The fourth-order valence-corrected chi connectivity index (χ4v) is 3.93. The molecule has 1 fully saturated rings.